The van der Waals surface area contributed by atoms with Crippen LogP contribution < -0.4 is 5.32 Å². The van der Waals surface area contributed by atoms with Gasteiger partial charge in [-0.15, -0.1) is 0 Å². The molecule has 102 valence electrons. The average Bonchev–Trinajstić information content (AvgIpc) is 2.84. The number of aryl methyl sites for hydroxylation is 3. The average molecular weight is 259 g/mol. The van der Waals surface area contributed by atoms with Crippen molar-refractivity contribution in [3.63, 3.8) is 0 Å². The van der Waals surface area contributed by atoms with Gasteiger partial charge in [0.05, 0.1) is 0 Å². The van der Waals surface area contributed by atoms with E-state index in [9.17, 15) is 0 Å². The zero-order valence-electron chi connectivity index (χ0n) is 12.0. The molecule has 5 nitrogen and oxygen atoms in total. The molecule has 0 saturated heterocycles. The molecule has 0 radical (unpaired) electrons. The van der Waals surface area contributed by atoms with Gasteiger partial charge in [-0.2, -0.15) is 5.10 Å². The summed E-state index contributed by atoms with van der Waals surface area (Å²) in [7, 11) is 1.97. The largest absolute Gasteiger partial charge is 0.313 e. The van der Waals surface area contributed by atoms with Crippen LogP contribution in [-0.4, -0.2) is 26.8 Å². The van der Waals surface area contributed by atoms with Crippen molar-refractivity contribution >= 4 is 0 Å². The number of hydrogen-bond donors (Lipinski definition) is 1. The highest BCUT2D eigenvalue weighted by molar-refractivity contribution is 5.26. The second-order valence-corrected chi connectivity index (χ2v) is 4.66. The first-order valence-corrected chi connectivity index (χ1v) is 6.63. The molecular weight excluding hydrogens is 238 g/mol. The van der Waals surface area contributed by atoms with Crippen LogP contribution in [0.5, 0.6) is 0 Å². The van der Waals surface area contributed by atoms with Crippen LogP contribution in [0.2, 0.25) is 0 Å². The molecule has 0 aliphatic rings. The molecule has 0 aliphatic heterocycles. The molecule has 0 fully saturated rings. The van der Waals surface area contributed by atoms with E-state index in [0.717, 1.165) is 30.2 Å². The van der Waals surface area contributed by atoms with E-state index < -0.39 is 0 Å². The fourth-order valence-corrected chi connectivity index (χ4v) is 2.33. The van der Waals surface area contributed by atoms with Crippen LogP contribution in [0.1, 0.15) is 35.7 Å². The summed E-state index contributed by atoms with van der Waals surface area (Å²) in [5.74, 6) is 1.00. The van der Waals surface area contributed by atoms with Crippen molar-refractivity contribution in [2.75, 3.05) is 7.05 Å². The van der Waals surface area contributed by atoms with Crippen LogP contribution in [0.3, 0.4) is 0 Å². The van der Waals surface area contributed by atoms with Gasteiger partial charge in [0.25, 0.3) is 0 Å². The minimum Gasteiger partial charge on any atom is -0.313 e. The second-order valence-electron chi connectivity index (χ2n) is 4.66. The number of nitrogens with zero attached hydrogens (tertiary/aromatic N) is 4. The summed E-state index contributed by atoms with van der Waals surface area (Å²) in [6, 6.07) is 4.41. The van der Waals surface area contributed by atoms with Crippen LogP contribution in [-0.2, 0) is 13.0 Å². The van der Waals surface area contributed by atoms with Gasteiger partial charge in [0.15, 0.2) is 0 Å². The van der Waals surface area contributed by atoms with E-state index in [1.807, 2.05) is 18.7 Å². The highest BCUT2D eigenvalue weighted by Gasteiger charge is 2.16. The van der Waals surface area contributed by atoms with Crippen molar-refractivity contribution in [3.8, 4) is 0 Å². The van der Waals surface area contributed by atoms with E-state index in [4.69, 9.17) is 0 Å². The third kappa shape index (κ3) is 2.98. The lowest BCUT2D eigenvalue weighted by Crippen LogP contribution is -2.22. The normalized spacial score (nSPS) is 12.6. The van der Waals surface area contributed by atoms with Crippen LogP contribution >= 0.6 is 0 Å². The molecule has 2 aromatic rings. The van der Waals surface area contributed by atoms with Gasteiger partial charge in [0.1, 0.15) is 12.2 Å². The van der Waals surface area contributed by atoms with Gasteiger partial charge in [-0.25, -0.2) is 4.98 Å². The minimum atomic E-state index is 0.211. The van der Waals surface area contributed by atoms with E-state index in [1.54, 1.807) is 6.33 Å². The van der Waals surface area contributed by atoms with E-state index >= 15 is 0 Å². The number of pyridine rings is 1. The smallest absolute Gasteiger partial charge is 0.138 e. The summed E-state index contributed by atoms with van der Waals surface area (Å²) in [5, 5.41) is 7.56. The maximum atomic E-state index is 4.53. The summed E-state index contributed by atoms with van der Waals surface area (Å²) in [4.78, 5) is 8.87. The van der Waals surface area contributed by atoms with Gasteiger partial charge >= 0.3 is 0 Å². The van der Waals surface area contributed by atoms with E-state index in [0.29, 0.717) is 0 Å². The van der Waals surface area contributed by atoms with E-state index in [1.165, 1.54) is 5.56 Å². The fraction of sp³-hybridized carbons (Fsp3) is 0.500. The Hall–Kier alpha value is -1.75. The number of rotatable bonds is 5. The maximum Gasteiger partial charge on any atom is 0.138 e. The Morgan fingerprint density at radius 3 is 2.74 bits per heavy atom. The van der Waals surface area contributed by atoms with Crippen molar-refractivity contribution in [1.29, 1.82) is 0 Å². The first-order chi connectivity index (χ1) is 9.15. The molecule has 0 amide bonds. The number of aromatic nitrogens is 4. The Bertz CT molecular complexity index is 547. The van der Waals surface area contributed by atoms with Gasteiger partial charge in [0.2, 0.25) is 0 Å². The van der Waals surface area contributed by atoms with Gasteiger partial charge in [-0.05, 0) is 39.4 Å². The zero-order chi connectivity index (χ0) is 13.8. The molecule has 1 unspecified atom stereocenters. The Kier molecular flexibility index (Phi) is 4.27. The zero-order valence-corrected chi connectivity index (χ0v) is 12.0. The molecule has 2 rings (SSSR count). The molecule has 19 heavy (non-hydrogen) atoms. The molecule has 5 heteroatoms. The summed E-state index contributed by atoms with van der Waals surface area (Å²) < 4.78 is 1.93. The van der Waals surface area contributed by atoms with Gasteiger partial charge in [0, 0.05) is 30.4 Å². The number of nitrogens with one attached hydrogen (secondary N) is 1. The van der Waals surface area contributed by atoms with Crippen molar-refractivity contribution in [3.05, 3.63) is 41.2 Å². The van der Waals surface area contributed by atoms with Crippen molar-refractivity contribution in [2.45, 2.75) is 39.8 Å². The predicted molar refractivity (Wildman–Crippen MR) is 74.9 cm³/mol. The molecule has 1 atom stereocenters. The third-order valence-electron chi connectivity index (χ3n) is 3.37. The summed E-state index contributed by atoms with van der Waals surface area (Å²) >= 11 is 0. The summed E-state index contributed by atoms with van der Waals surface area (Å²) in [6.45, 7) is 6.98. The standard InChI is InChI=1S/C14H21N5/c1-5-19-14(16-9-17-19)8-13(15-4)12-7-6-10(2)18-11(12)3/h6-7,9,13,15H,5,8H2,1-4H3. The van der Waals surface area contributed by atoms with Gasteiger partial charge < -0.3 is 5.32 Å². The highest BCUT2D eigenvalue weighted by Crippen LogP contribution is 2.20. The second kappa shape index (κ2) is 5.93. The SMILES string of the molecule is CCn1ncnc1CC(NC)c1ccc(C)nc1C. The highest BCUT2D eigenvalue weighted by atomic mass is 15.3. The molecule has 2 aromatic heterocycles. The van der Waals surface area contributed by atoms with Crippen LogP contribution in [0.15, 0.2) is 18.5 Å². The van der Waals surface area contributed by atoms with Gasteiger partial charge in [-0.3, -0.25) is 9.67 Å². The fourth-order valence-electron chi connectivity index (χ4n) is 2.33. The molecule has 2 heterocycles. The summed E-state index contributed by atoms with van der Waals surface area (Å²) in [6.07, 6.45) is 2.43. The lowest BCUT2D eigenvalue weighted by Gasteiger charge is -2.18. The first-order valence-electron chi connectivity index (χ1n) is 6.63. The maximum absolute atomic E-state index is 4.53. The predicted octanol–water partition coefficient (Wildman–Crippen LogP) is 1.81. The Morgan fingerprint density at radius 2 is 2.11 bits per heavy atom. The minimum absolute atomic E-state index is 0.211. The molecule has 0 saturated carbocycles. The van der Waals surface area contributed by atoms with Crippen LogP contribution in [0.4, 0.5) is 0 Å². The topological polar surface area (TPSA) is 55.6 Å². The molecule has 0 spiro atoms. The number of hydrogen-bond acceptors (Lipinski definition) is 4. The number of likely N-dealkylation sites (N-methyl/N-ethyl adjacent to an activating group) is 1. The van der Waals surface area contributed by atoms with Crippen LogP contribution in [0, 0.1) is 13.8 Å². The Morgan fingerprint density at radius 1 is 1.32 bits per heavy atom. The lowest BCUT2D eigenvalue weighted by atomic mass is 10.0. The lowest BCUT2D eigenvalue weighted by molar-refractivity contribution is 0.530. The first kappa shape index (κ1) is 13.7. The van der Waals surface area contributed by atoms with E-state index in [2.05, 4.69) is 46.4 Å². The molecule has 0 aromatic carbocycles. The summed E-state index contributed by atoms with van der Waals surface area (Å²) in [5.41, 5.74) is 3.34. The van der Waals surface area contributed by atoms with Crippen molar-refractivity contribution in [1.82, 2.24) is 25.1 Å². The molecular formula is C14H21N5. The quantitative estimate of drug-likeness (QED) is 0.889. The monoisotopic (exact) mass is 259 g/mol. The van der Waals surface area contributed by atoms with Gasteiger partial charge in [-0.1, -0.05) is 6.07 Å². The molecule has 1 N–H and O–H groups in total. The van der Waals surface area contributed by atoms with E-state index in [-0.39, 0.29) is 6.04 Å². The molecule has 0 aliphatic carbocycles. The van der Waals surface area contributed by atoms with Crippen LogP contribution in [0.25, 0.3) is 0 Å². The van der Waals surface area contributed by atoms with Crippen molar-refractivity contribution < 1.29 is 0 Å². The third-order valence-corrected chi connectivity index (χ3v) is 3.37. The Balaban J connectivity index is 2.25. The van der Waals surface area contributed by atoms with Crippen molar-refractivity contribution in [2.24, 2.45) is 0 Å². The molecule has 0 bridgehead atoms. The Labute approximate surface area is 114 Å².